The standard InChI is InChI=1S/C18H13BrN2O2S2/c1-11(22)20-14-6-2-12(3-7-14)10-16-17(23)21(18(24)25-16)15-8-4-13(19)5-9-15/h2-10H,1H3,(H,20,22)/b16-10-. The molecule has 0 spiro atoms. The van der Waals surface area contributed by atoms with E-state index in [2.05, 4.69) is 21.2 Å². The van der Waals surface area contributed by atoms with Gasteiger partial charge in [0.2, 0.25) is 5.91 Å². The number of nitrogens with one attached hydrogen (secondary N) is 1. The molecule has 0 atom stereocenters. The number of rotatable bonds is 3. The summed E-state index contributed by atoms with van der Waals surface area (Å²) in [4.78, 5) is 25.9. The molecule has 0 saturated carbocycles. The fourth-order valence-corrected chi connectivity index (χ4v) is 3.86. The van der Waals surface area contributed by atoms with Crippen LogP contribution in [0.4, 0.5) is 11.4 Å². The zero-order valence-electron chi connectivity index (χ0n) is 13.2. The van der Waals surface area contributed by atoms with E-state index in [4.69, 9.17) is 12.2 Å². The lowest BCUT2D eigenvalue weighted by molar-refractivity contribution is -0.114. The lowest BCUT2D eigenvalue weighted by Crippen LogP contribution is -2.27. The maximum Gasteiger partial charge on any atom is 0.270 e. The van der Waals surface area contributed by atoms with Gasteiger partial charge in [-0.25, -0.2) is 0 Å². The number of thiocarbonyl (C=S) groups is 1. The Morgan fingerprint density at radius 3 is 2.40 bits per heavy atom. The van der Waals surface area contributed by atoms with Crippen molar-refractivity contribution in [2.45, 2.75) is 6.92 Å². The van der Waals surface area contributed by atoms with Crippen molar-refractivity contribution in [1.29, 1.82) is 0 Å². The summed E-state index contributed by atoms with van der Waals surface area (Å²) in [6, 6.07) is 14.7. The fraction of sp³-hybridized carbons (Fsp3) is 0.0556. The van der Waals surface area contributed by atoms with Crippen molar-refractivity contribution in [3.8, 4) is 0 Å². The van der Waals surface area contributed by atoms with Crippen LogP contribution in [-0.4, -0.2) is 16.1 Å². The summed E-state index contributed by atoms with van der Waals surface area (Å²) in [5, 5.41) is 2.71. The number of hydrogen-bond donors (Lipinski definition) is 1. The van der Waals surface area contributed by atoms with Crippen LogP contribution in [0.15, 0.2) is 57.9 Å². The molecular formula is C18H13BrN2O2S2. The second-order valence-corrected chi connectivity index (χ2v) is 7.89. The first kappa shape index (κ1) is 17.8. The molecule has 0 aliphatic carbocycles. The third-order valence-electron chi connectivity index (χ3n) is 3.41. The molecule has 3 rings (SSSR count). The average molecular weight is 433 g/mol. The molecule has 1 aliphatic heterocycles. The Morgan fingerprint density at radius 1 is 1.16 bits per heavy atom. The summed E-state index contributed by atoms with van der Waals surface area (Å²) in [7, 11) is 0. The van der Waals surface area contributed by atoms with Gasteiger partial charge in [0, 0.05) is 17.1 Å². The van der Waals surface area contributed by atoms with Gasteiger partial charge in [-0.15, -0.1) is 0 Å². The second-order valence-electron chi connectivity index (χ2n) is 5.30. The van der Waals surface area contributed by atoms with E-state index in [1.165, 1.54) is 23.6 Å². The topological polar surface area (TPSA) is 49.4 Å². The molecule has 0 radical (unpaired) electrons. The minimum absolute atomic E-state index is 0.122. The summed E-state index contributed by atoms with van der Waals surface area (Å²) in [5.41, 5.74) is 2.33. The maximum absolute atomic E-state index is 12.7. The van der Waals surface area contributed by atoms with E-state index in [-0.39, 0.29) is 11.8 Å². The molecule has 1 fully saturated rings. The maximum atomic E-state index is 12.7. The molecule has 0 bridgehead atoms. The van der Waals surface area contributed by atoms with Crippen molar-refractivity contribution in [1.82, 2.24) is 0 Å². The number of hydrogen-bond acceptors (Lipinski definition) is 4. The normalized spacial score (nSPS) is 15.8. The second kappa shape index (κ2) is 7.51. The predicted molar refractivity (Wildman–Crippen MR) is 111 cm³/mol. The summed E-state index contributed by atoms with van der Waals surface area (Å²) >= 11 is 10.0. The van der Waals surface area contributed by atoms with Crippen LogP contribution in [0.2, 0.25) is 0 Å². The van der Waals surface area contributed by atoms with Gasteiger partial charge in [-0.2, -0.15) is 0 Å². The monoisotopic (exact) mass is 432 g/mol. The van der Waals surface area contributed by atoms with Crippen molar-refractivity contribution in [3.63, 3.8) is 0 Å². The SMILES string of the molecule is CC(=O)Nc1ccc(/C=C2\SC(=S)N(c3ccc(Br)cc3)C2=O)cc1. The quantitative estimate of drug-likeness (QED) is 0.558. The van der Waals surface area contributed by atoms with E-state index < -0.39 is 0 Å². The van der Waals surface area contributed by atoms with E-state index >= 15 is 0 Å². The molecule has 2 amide bonds. The third kappa shape index (κ3) is 4.18. The number of carbonyl (C=O) groups is 2. The largest absolute Gasteiger partial charge is 0.326 e. The number of anilines is 2. The van der Waals surface area contributed by atoms with Gasteiger partial charge >= 0.3 is 0 Å². The average Bonchev–Trinajstić information content (AvgIpc) is 2.84. The highest BCUT2D eigenvalue weighted by Gasteiger charge is 2.33. The van der Waals surface area contributed by atoms with E-state index in [0.717, 1.165) is 15.7 Å². The van der Waals surface area contributed by atoms with Gasteiger partial charge in [-0.1, -0.05) is 52.0 Å². The van der Waals surface area contributed by atoms with Crippen LogP contribution in [0, 0.1) is 0 Å². The molecule has 1 heterocycles. The highest BCUT2D eigenvalue weighted by atomic mass is 79.9. The minimum atomic E-state index is -0.136. The molecule has 1 saturated heterocycles. The molecule has 1 aliphatic rings. The number of carbonyl (C=O) groups excluding carboxylic acids is 2. The first-order valence-corrected chi connectivity index (χ1v) is 9.37. The number of thioether (sulfide) groups is 1. The van der Waals surface area contributed by atoms with Crippen molar-refractivity contribution >= 4 is 73.5 Å². The molecular weight excluding hydrogens is 420 g/mol. The Hall–Kier alpha value is -1.96. The van der Waals surface area contributed by atoms with Crippen molar-refractivity contribution in [3.05, 3.63) is 63.5 Å². The summed E-state index contributed by atoms with van der Waals surface area (Å²) < 4.78 is 1.45. The molecule has 2 aromatic rings. The lowest BCUT2D eigenvalue weighted by Gasteiger charge is -2.14. The Kier molecular flexibility index (Phi) is 5.36. The van der Waals surface area contributed by atoms with E-state index in [9.17, 15) is 9.59 Å². The van der Waals surface area contributed by atoms with Crippen LogP contribution in [0.25, 0.3) is 6.08 Å². The molecule has 2 aromatic carbocycles. The van der Waals surface area contributed by atoms with Gasteiger partial charge in [0.1, 0.15) is 0 Å². The van der Waals surface area contributed by atoms with E-state index in [1.807, 2.05) is 36.4 Å². The molecule has 1 N–H and O–H groups in total. The number of halogens is 1. The van der Waals surface area contributed by atoms with Crippen LogP contribution < -0.4 is 10.2 Å². The molecule has 0 aromatic heterocycles. The molecule has 126 valence electrons. The van der Waals surface area contributed by atoms with Crippen LogP contribution >= 0.6 is 39.9 Å². The summed E-state index contributed by atoms with van der Waals surface area (Å²) in [6.45, 7) is 1.46. The first-order valence-electron chi connectivity index (χ1n) is 7.35. The molecule has 25 heavy (non-hydrogen) atoms. The lowest BCUT2D eigenvalue weighted by atomic mass is 10.2. The third-order valence-corrected chi connectivity index (χ3v) is 5.24. The van der Waals surface area contributed by atoms with Crippen molar-refractivity contribution < 1.29 is 9.59 Å². The van der Waals surface area contributed by atoms with Gasteiger partial charge in [-0.3, -0.25) is 14.5 Å². The molecule has 7 heteroatoms. The molecule has 4 nitrogen and oxygen atoms in total. The zero-order chi connectivity index (χ0) is 18.0. The Balaban J connectivity index is 1.82. The van der Waals surface area contributed by atoms with Gasteiger partial charge in [0.05, 0.1) is 10.6 Å². The Bertz CT molecular complexity index is 877. The minimum Gasteiger partial charge on any atom is -0.326 e. The van der Waals surface area contributed by atoms with Crippen molar-refractivity contribution in [2.24, 2.45) is 0 Å². The smallest absolute Gasteiger partial charge is 0.270 e. The van der Waals surface area contributed by atoms with Crippen LogP contribution in [-0.2, 0) is 9.59 Å². The summed E-state index contributed by atoms with van der Waals surface area (Å²) in [6.07, 6.45) is 1.80. The number of nitrogens with zero attached hydrogens (tertiary/aromatic N) is 1. The van der Waals surface area contributed by atoms with Gasteiger partial charge in [0.15, 0.2) is 4.32 Å². The zero-order valence-corrected chi connectivity index (χ0v) is 16.4. The predicted octanol–water partition coefficient (Wildman–Crippen LogP) is 4.81. The van der Waals surface area contributed by atoms with Gasteiger partial charge in [0.25, 0.3) is 5.91 Å². The van der Waals surface area contributed by atoms with Crippen LogP contribution in [0.3, 0.4) is 0 Å². The fourth-order valence-electron chi connectivity index (χ4n) is 2.30. The highest BCUT2D eigenvalue weighted by molar-refractivity contribution is 9.10. The molecule has 0 unspecified atom stereocenters. The van der Waals surface area contributed by atoms with Crippen LogP contribution in [0.5, 0.6) is 0 Å². The van der Waals surface area contributed by atoms with E-state index in [0.29, 0.717) is 14.9 Å². The van der Waals surface area contributed by atoms with E-state index in [1.54, 1.807) is 18.2 Å². The Morgan fingerprint density at radius 2 is 1.80 bits per heavy atom. The van der Waals surface area contributed by atoms with Gasteiger partial charge < -0.3 is 5.32 Å². The number of benzene rings is 2. The van der Waals surface area contributed by atoms with Crippen LogP contribution in [0.1, 0.15) is 12.5 Å². The van der Waals surface area contributed by atoms with Gasteiger partial charge in [-0.05, 0) is 48.0 Å². The highest BCUT2D eigenvalue weighted by Crippen LogP contribution is 2.36. The first-order chi connectivity index (χ1) is 11.9. The summed E-state index contributed by atoms with van der Waals surface area (Å²) in [5.74, 6) is -0.258. The van der Waals surface area contributed by atoms with Crippen molar-refractivity contribution in [2.75, 3.05) is 10.2 Å². The Labute approximate surface area is 163 Å². The number of amides is 2.